The smallest absolute Gasteiger partial charge is 0.173 e. The summed E-state index contributed by atoms with van der Waals surface area (Å²) < 4.78 is 9.64. The summed E-state index contributed by atoms with van der Waals surface area (Å²) in [6, 6.07) is 16.1. The van der Waals surface area contributed by atoms with Crippen LogP contribution in [0.5, 0.6) is 5.75 Å². The van der Waals surface area contributed by atoms with Crippen molar-refractivity contribution in [2.45, 2.75) is 0 Å². The van der Waals surface area contributed by atoms with Gasteiger partial charge in [0.05, 0.1) is 7.11 Å². The minimum absolute atomic E-state index is 0.747. The molecule has 22 heavy (non-hydrogen) atoms. The van der Waals surface area contributed by atoms with Gasteiger partial charge in [0, 0.05) is 28.2 Å². The zero-order valence-electron chi connectivity index (χ0n) is 11.9. The summed E-state index contributed by atoms with van der Waals surface area (Å²) in [6.45, 7) is 0. The minimum atomic E-state index is 0.747. The Hall–Kier alpha value is -2.66. The highest BCUT2D eigenvalue weighted by Gasteiger charge is 2.09. The molecule has 4 nitrogen and oxygen atoms in total. The van der Waals surface area contributed by atoms with E-state index in [0.717, 1.165) is 33.2 Å². The Morgan fingerprint density at radius 1 is 1.00 bits per heavy atom. The van der Waals surface area contributed by atoms with Crippen LogP contribution in [0.15, 0.2) is 54.7 Å². The first-order valence-electron chi connectivity index (χ1n) is 6.89. The number of hydrogen-bond acceptors (Lipinski definition) is 4. The fourth-order valence-electron chi connectivity index (χ4n) is 2.38. The molecule has 4 rings (SSSR count). The second kappa shape index (κ2) is 5.27. The van der Waals surface area contributed by atoms with Crippen molar-refractivity contribution < 1.29 is 4.74 Å². The predicted octanol–water partition coefficient (Wildman–Crippen LogP) is 4.36. The first-order chi connectivity index (χ1) is 10.8. The van der Waals surface area contributed by atoms with Crippen molar-refractivity contribution in [1.29, 1.82) is 0 Å². The van der Waals surface area contributed by atoms with E-state index in [0.29, 0.717) is 0 Å². The third kappa shape index (κ3) is 2.25. The first kappa shape index (κ1) is 13.0. The van der Waals surface area contributed by atoms with E-state index in [4.69, 9.17) is 4.74 Å². The van der Waals surface area contributed by atoms with E-state index in [2.05, 4.69) is 38.6 Å². The van der Waals surface area contributed by atoms with Crippen LogP contribution in [0.3, 0.4) is 0 Å². The lowest BCUT2D eigenvalue weighted by Crippen LogP contribution is -1.84. The third-order valence-corrected chi connectivity index (χ3v) is 4.34. The fraction of sp³-hybridized carbons (Fsp3) is 0.0588. The first-order valence-corrected chi connectivity index (χ1v) is 7.66. The summed E-state index contributed by atoms with van der Waals surface area (Å²) >= 11 is 1.42. The van der Waals surface area contributed by atoms with Gasteiger partial charge in [-0.2, -0.15) is 4.37 Å². The molecular formula is C17H13N3OS. The minimum Gasteiger partial charge on any atom is -0.497 e. The number of rotatable bonds is 3. The maximum atomic E-state index is 5.17. The van der Waals surface area contributed by atoms with E-state index in [1.54, 1.807) is 7.11 Å². The van der Waals surface area contributed by atoms with E-state index < -0.39 is 0 Å². The third-order valence-electron chi connectivity index (χ3n) is 3.57. The molecule has 4 aromatic rings. The van der Waals surface area contributed by atoms with Gasteiger partial charge in [0.15, 0.2) is 5.82 Å². The van der Waals surface area contributed by atoms with E-state index >= 15 is 0 Å². The van der Waals surface area contributed by atoms with Gasteiger partial charge in [-0.15, -0.1) is 0 Å². The fourth-order valence-corrected chi connectivity index (χ4v) is 3.06. The number of nitrogens with zero attached hydrogens (tertiary/aromatic N) is 2. The highest BCUT2D eigenvalue weighted by molar-refractivity contribution is 7.09. The van der Waals surface area contributed by atoms with Crippen LogP contribution >= 0.6 is 11.5 Å². The zero-order valence-corrected chi connectivity index (χ0v) is 12.7. The second-order valence-electron chi connectivity index (χ2n) is 4.93. The highest BCUT2D eigenvalue weighted by Crippen LogP contribution is 2.28. The molecule has 2 aromatic carbocycles. The number of nitrogens with one attached hydrogen (secondary N) is 1. The van der Waals surface area contributed by atoms with Crippen molar-refractivity contribution in [3.63, 3.8) is 0 Å². The van der Waals surface area contributed by atoms with Gasteiger partial charge in [0.1, 0.15) is 10.8 Å². The van der Waals surface area contributed by atoms with E-state index in [9.17, 15) is 0 Å². The van der Waals surface area contributed by atoms with Crippen molar-refractivity contribution in [3.05, 3.63) is 54.7 Å². The summed E-state index contributed by atoms with van der Waals surface area (Å²) in [4.78, 5) is 7.85. The van der Waals surface area contributed by atoms with Gasteiger partial charge in [-0.05, 0) is 60.1 Å². The molecule has 2 aromatic heterocycles. The average Bonchev–Trinajstić information content (AvgIpc) is 3.23. The van der Waals surface area contributed by atoms with Crippen LogP contribution in [0.4, 0.5) is 0 Å². The van der Waals surface area contributed by atoms with Crippen molar-refractivity contribution in [2.24, 2.45) is 0 Å². The average molecular weight is 307 g/mol. The molecule has 0 aliphatic carbocycles. The Bertz CT molecular complexity index is 924. The molecule has 0 bridgehead atoms. The lowest BCUT2D eigenvalue weighted by Gasteiger charge is -1.99. The summed E-state index contributed by atoms with van der Waals surface area (Å²) in [5.41, 5.74) is 3.21. The number of H-pyrrole nitrogens is 1. The van der Waals surface area contributed by atoms with Gasteiger partial charge in [-0.1, -0.05) is 0 Å². The van der Waals surface area contributed by atoms with Crippen LogP contribution in [0.1, 0.15) is 0 Å². The van der Waals surface area contributed by atoms with Crippen molar-refractivity contribution in [2.75, 3.05) is 7.11 Å². The lowest BCUT2D eigenvalue weighted by atomic mass is 10.1. The molecule has 0 fully saturated rings. The molecule has 5 heteroatoms. The van der Waals surface area contributed by atoms with Crippen molar-refractivity contribution in [1.82, 2.24) is 14.3 Å². The number of aromatic nitrogens is 3. The predicted molar refractivity (Wildman–Crippen MR) is 89.2 cm³/mol. The standard InChI is InChI=1S/C17H13N3OS/c1-21-14-5-2-11(3-6-14)16-19-17(22-20-16)13-4-7-15-12(10-13)8-9-18-15/h2-10,18H,1H3. The molecular weight excluding hydrogens is 294 g/mol. The van der Waals surface area contributed by atoms with Crippen LogP contribution in [-0.4, -0.2) is 21.5 Å². The summed E-state index contributed by atoms with van der Waals surface area (Å²) in [5.74, 6) is 1.58. The second-order valence-corrected chi connectivity index (χ2v) is 5.68. The molecule has 0 spiro atoms. The van der Waals surface area contributed by atoms with Crippen LogP contribution < -0.4 is 4.74 Å². The van der Waals surface area contributed by atoms with Crippen molar-refractivity contribution >= 4 is 22.4 Å². The normalized spacial score (nSPS) is 11.0. The number of aromatic amines is 1. The van der Waals surface area contributed by atoms with E-state index in [1.807, 2.05) is 30.5 Å². The molecule has 0 aliphatic heterocycles. The van der Waals surface area contributed by atoms with Gasteiger partial charge in [0.2, 0.25) is 0 Å². The van der Waals surface area contributed by atoms with Crippen molar-refractivity contribution in [3.8, 4) is 27.7 Å². The van der Waals surface area contributed by atoms with Gasteiger partial charge in [-0.3, -0.25) is 0 Å². The molecule has 108 valence electrons. The highest BCUT2D eigenvalue weighted by atomic mass is 32.1. The SMILES string of the molecule is COc1ccc(-c2nsc(-c3ccc4[nH]ccc4c3)n2)cc1. The molecule has 0 saturated heterocycles. The Morgan fingerprint density at radius 3 is 2.64 bits per heavy atom. The zero-order chi connectivity index (χ0) is 14.9. The van der Waals surface area contributed by atoms with Gasteiger partial charge in [0.25, 0.3) is 0 Å². The topological polar surface area (TPSA) is 50.8 Å². The van der Waals surface area contributed by atoms with E-state index in [1.165, 1.54) is 16.9 Å². The van der Waals surface area contributed by atoms with Crippen LogP contribution in [-0.2, 0) is 0 Å². The Labute approximate surface area is 131 Å². The van der Waals surface area contributed by atoms with Gasteiger partial charge >= 0.3 is 0 Å². The van der Waals surface area contributed by atoms with Crippen LogP contribution in [0.25, 0.3) is 32.9 Å². The monoisotopic (exact) mass is 307 g/mol. The maximum Gasteiger partial charge on any atom is 0.173 e. The maximum absolute atomic E-state index is 5.17. The number of hydrogen-bond donors (Lipinski definition) is 1. The summed E-state index contributed by atoms with van der Waals surface area (Å²) in [5, 5.41) is 2.10. The number of benzene rings is 2. The Kier molecular flexibility index (Phi) is 3.12. The number of methoxy groups -OCH3 is 1. The molecule has 0 atom stereocenters. The van der Waals surface area contributed by atoms with E-state index in [-0.39, 0.29) is 0 Å². The Balaban J connectivity index is 1.70. The quantitative estimate of drug-likeness (QED) is 0.611. The van der Waals surface area contributed by atoms with Crippen LogP contribution in [0.2, 0.25) is 0 Å². The summed E-state index contributed by atoms with van der Waals surface area (Å²) in [6.07, 6.45) is 1.94. The molecule has 0 saturated carbocycles. The largest absolute Gasteiger partial charge is 0.497 e. The molecule has 0 unspecified atom stereocenters. The molecule has 0 amide bonds. The van der Waals surface area contributed by atoms with Crippen LogP contribution in [0, 0.1) is 0 Å². The Morgan fingerprint density at radius 2 is 1.82 bits per heavy atom. The molecule has 0 aliphatic rings. The summed E-state index contributed by atoms with van der Waals surface area (Å²) in [7, 11) is 1.66. The molecule has 0 radical (unpaired) electrons. The number of ether oxygens (including phenoxy) is 1. The molecule has 2 heterocycles. The van der Waals surface area contributed by atoms with Gasteiger partial charge < -0.3 is 9.72 Å². The lowest BCUT2D eigenvalue weighted by molar-refractivity contribution is 0.415. The molecule has 1 N–H and O–H groups in total. The van der Waals surface area contributed by atoms with Gasteiger partial charge in [-0.25, -0.2) is 4.98 Å². The number of fused-ring (bicyclic) bond motifs is 1.